The number of benzene rings is 2. The van der Waals surface area contributed by atoms with Crippen LogP contribution in [0.2, 0.25) is 0 Å². The molecule has 0 amide bonds. The molecular formula is C22H16FN3O2S2. The number of fused-ring (bicyclic) bond motifs is 1. The minimum atomic E-state index is -0.705. The molecule has 0 fully saturated rings. The van der Waals surface area contributed by atoms with E-state index in [-0.39, 0.29) is 12.4 Å². The van der Waals surface area contributed by atoms with Crippen LogP contribution in [0.4, 0.5) is 4.39 Å². The van der Waals surface area contributed by atoms with E-state index in [0.29, 0.717) is 17.1 Å². The summed E-state index contributed by atoms with van der Waals surface area (Å²) in [5, 5.41) is 22.8. The molecule has 0 aliphatic heterocycles. The molecule has 2 aromatic heterocycles. The second-order valence-corrected chi connectivity index (χ2v) is 8.29. The molecule has 4 aromatic rings. The van der Waals surface area contributed by atoms with Crippen LogP contribution in [0.3, 0.4) is 0 Å². The summed E-state index contributed by atoms with van der Waals surface area (Å²) in [5.74, 6) is 0.703. The average molecular weight is 438 g/mol. The number of aliphatic hydroxyl groups is 1. The Hall–Kier alpha value is -2.99. The maximum absolute atomic E-state index is 13.3. The number of rotatable bonds is 7. The number of aromatic nitrogens is 2. The van der Waals surface area contributed by atoms with E-state index in [0.717, 1.165) is 26.4 Å². The number of hydrogen-bond donors (Lipinski definition) is 1. The highest BCUT2D eigenvalue weighted by Gasteiger charge is 2.15. The molecule has 0 radical (unpaired) electrons. The van der Waals surface area contributed by atoms with Crippen LogP contribution in [-0.2, 0) is 0 Å². The van der Waals surface area contributed by atoms with Crippen molar-refractivity contribution in [3.63, 3.8) is 0 Å². The molecule has 0 spiro atoms. The molecule has 1 N–H and O–H groups in total. The molecule has 5 nitrogen and oxygen atoms in total. The van der Waals surface area contributed by atoms with Gasteiger partial charge in [-0.25, -0.2) is 14.4 Å². The first-order valence-corrected chi connectivity index (χ1v) is 10.9. The number of thiophene rings is 1. The molecule has 1 unspecified atom stereocenters. The van der Waals surface area contributed by atoms with Crippen LogP contribution in [-0.4, -0.2) is 33.5 Å². The van der Waals surface area contributed by atoms with Crippen LogP contribution < -0.4 is 4.74 Å². The van der Waals surface area contributed by atoms with Gasteiger partial charge in [0.05, 0.1) is 23.1 Å². The summed E-state index contributed by atoms with van der Waals surface area (Å²) in [7, 11) is 0. The zero-order chi connectivity index (χ0) is 20.9. The maximum Gasteiger partial charge on any atom is 0.128 e. The van der Waals surface area contributed by atoms with E-state index in [1.165, 1.54) is 41.6 Å². The average Bonchev–Trinajstić information content (AvgIpc) is 3.22. The van der Waals surface area contributed by atoms with Crippen molar-refractivity contribution in [3.8, 4) is 22.9 Å². The topological polar surface area (TPSA) is 79.0 Å². The first kappa shape index (κ1) is 20.3. The van der Waals surface area contributed by atoms with Crippen LogP contribution in [0.25, 0.3) is 21.3 Å². The number of nitriles is 1. The number of aliphatic hydroxyl groups excluding tert-OH is 1. The highest BCUT2D eigenvalue weighted by Crippen LogP contribution is 2.38. The van der Waals surface area contributed by atoms with Crippen molar-refractivity contribution >= 4 is 33.3 Å². The Bertz CT molecular complexity index is 1190. The van der Waals surface area contributed by atoms with E-state index in [9.17, 15) is 9.50 Å². The predicted octanol–water partition coefficient (Wildman–Crippen LogP) is 4.90. The van der Waals surface area contributed by atoms with Crippen molar-refractivity contribution in [2.75, 3.05) is 12.4 Å². The Morgan fingerprint density at radius 2 is 1.90 bits per heavy atom. The van der Waals surface area contributed by atoms with E-state index in [4.69, 9.17) is 10.00 Å². The monoisotopic (exact) mass is 437 g/mol. The molecule has 0 saturated heterocycles. The molecule has 1 atom stereocenters. The molecule has 2 aromatic carbocycles. The summed E-state index contributed by atoms with van der Waals surface area (Å²) in [6.07, 6.45) is 0.804. The number of hydrogen-bond acceptors (Lipinski definition) is 7. The molecule has 0 bridgehead atoms. The van der Waals surface area contributed by atoms with Crippen LogP contribution >= 0.6 is 23.1 Å². The summed E-state index contributed by atoms with van der Waals surface area (Å²) in [5.41, 5.74) is 2.39. The van der Waals surface area contributed by atoms with Gasteiger partial charge in [-0.2, -0.15) is 5.26 Å². The third-order valence-electron chi connectivity index (χ3n) is 4.33. The van der Waals surface area contributed by atoms with E-state index in [1.54, 1.807) is 36.4 Å². The van der Waals surface area contributed by atoms with Gasteiger partial charge in [0, 0.05) is 16.7 Å². The van der Waals surface area contributed by atoms with Gasteiger partial charge in [-0.05, 0) is 42.0 Å². The number of thioether (sulfide) groups is 1. The standard InChI is InChI=1S/C22H16FN3O2S2/c23-16-5-3-15(4-6-16)19-12-30-22-20(19)21(25-13-26-22)29-11-17(27)10-28-18-7-1-14(9-24)2-8-18/h1-8,12-13,17,27H,10-11H2. The predicted molar refractivity (Wildman–Crippen MR) is 116 cm³/mol. The summed E-state index contributed by atoms with van der Waals surface area (Å²) in [6, 6.07) is 15.1. The van der Waals surface area contributed by atoms with Crippen LogP contribution in [0, 0.1) is 17.1 Å². The van der Waals surface area contributed by atoms with Crippen LogP contribution in [0.15, 0.2) is 65.3 Å². The summed E-state index contributed by atoms with van der Waals surface area (Å²) in [6.45, 7) is 0.127. The van der Waals surface area contributed by atoms with E-state index in [1.807, 2.05) is 5.38 Å². The molecular weight excluding hydrogens is 421 g/mol. The van der Waals surface area contributed by atoms with E-state index < -0.39 is 6.10 Å². The molecule has 2 heterocycles. The molecule has 30 heavy (non-hydrogen) atoms. The Balaban J connectivity index is 1.45. The lowest BCUT2D eigenvalue weighted by Crippen LogP contribution is -2.20. The van der Waals surface area contributed by atoms with Crippen molar-refractivity contribution in [1.82, 2.24) is 9.97 Å². The maximum atomic E-state index is 13.3. The van der Waals surface area contributed by atoms with Gasteiger partial charge in [-0.1, -0.05) is 12.1 Å². The molecule has 0 aliphatic rings. The fraction of sp³-hybridized carbons (Fsp3) is 0.136. The first-order valence-electron chi connectivity index (χ1n) is 9.06. The Morgan fingerprint density at radius 1 is 1.13 bits per heavy atom. The van der Waals surface area contributed by atoms with Crippen molar-refractivity contribution in [3.05, 3.63) is 71.6 Å². The van der Waals surface area contributed by atoms with Crippen molar-refractivity contribution < 1.29 is 14.2 Å². The van der Waals surface area contributed by atoms with E-state index >= 15 is 0 Å². The fourth-order valence-electron chi connectivity index (χ4n) is 2.84. The minimum Gasteiger partial charge on any atom is -0.491 e. The van der Waals surface area contributed by atoms with Gasteiger partial charge in [0.2, 0.25) is 0 Å². The fourth-order valence-corrected chi connectivity index (χ4v) is 4.74. The van der Waals surface area contributed by atoms with Gasteiger partial charge < -0.3 is 9.84 Å². The van der Waals surface area contributed by atoms with Crippen molar-refractivity contribution in [1.29, 1.82) is 5.26 Å². The van der Waals surface area contributed by atoms with Gasteiger partial charge >= 0.3 is 0 Å². The molecule has 0 aliphatic carbocycles. The smallest absolute Gasteiger partial charge is 0.128 e. The zero-order valence-corrected chi connectivity index (χ0v) is 17.3. The van der Waals surface area contributed by atoms with Gasteiger partial charge in [-0.15, -0.1) is 23.1 Å². The van der Waals surface area contributed by atoms with Crippen LogP contribution in [0.5, 0.6) is 5.75 Å². The molecule has 0 saturated carbocycles. The van der Waals surface area contributed by atoms with E-state index in [2.05, 4.69) is 16.0 Å². The Labute approximate surface area is 180 Å². The quantitative estimate of drug-likeness (QED) is 0.327. The molecule has 4 rings (SSSR count). The molecule has 8 heteroatoms. The first-order chi connectivity index (χ1) is 14.6. The second-order valence-electron chi connectivity index (χ2n) is 6.43. The normalized spacial score (nSPS) is 11.9. The lowest BCUT2D eigenvalue weighted by molar-refractivity contribution is 0.126. The van der Waals surface area contributed by atoms with Gasteiger partial charge in [0.15, 0.2) is 0 Å². The highest BCUT2D eigenvalue weighted by molar-refractivity contribution is 7.99. The van der Waals surface area contributed by atoms with Crippen LogP contribution in [0.1, 0.15) is 5.56 Å². The Morgan fingerprint density at radius 3 is 2.63 bits per heavy atom. The second kappa shape index (κ2) is 9.22. The SMILES string of the molecule is N#Cc1ccc(OCC(O)CSc2ncnc3scc(-c4ccc(F)cc4)c23)cc1. The minimum absolute atomic E-state index is 0.127. The summed E-state index contributed by atoms with van der Waals surface area (Å²) in [4.78, 5) is 9.57. The number of halogens is 1. The molecule has 150 valence electrons. The Kier molecular flexibility index (Phi) is 6.23. The highest BCUT2D eigenvalue weighted by atomic mass is 32.2. The third-order valence-corrected chi connectivity index (χ3v) is 6.35. The van der Waals surface area contributed by atoms with Gasteiger partial charge in [0.25, 0.3) is 0 Å². The summed E-state index contributed by atoms with van der Waals surface area (Å²) >= 11 is 2.93. The number of nitrogens with zero attached hydrogens (tertiary/aromatic N) is 3. The number of ether oxygens (including phenoxy) is 1. The van der Waals surface area contributed by atoms with Gasteiger partial charge in [0.1, 0.15) is 34.4 Å². The third kappa shape index (κ3) is 4.60. The van der Waals surface area contributed by atoms with Crippen molar-refractivity contribution in [2.24, 2.45) is 0 Å². The zero-order valence-electron chi connectivity index (χ0n) is 15.7. The lowest BCUT2D eigenvalue weighted by Gasteiger charge is -2.12. The van der Waals surface area contributed by atoms with Gasteiger partial charge in [-0.3, -0.25) is 0 Å². The van der Waals surface area contributed by atoms with Crippen molar-refractivity contribution in [2.45, 2.75) is 11.1 Å². The lowest BCUT2D eigenvalue weighted by atomic mass is 10.1. The summed E-state index contributed by atoms with van der Waals surface area (Å²) < 4.78 is 18.9. The largest absolute Gasteiger partial charge is 0.491 e.